The fraction of sp³-hybridized carbons (Fsp3) is 0.400. The molecule has 0 aromatic heterocycles. The molecule has 4 nitrogen and oxygen atoms in total. The van der Waals surface area contributed by atoms with Crippen molar-refractivity contribution in [3.63, 3.8) is 0 Å². The van der Waals surface area contributed by atoms with Crippen LogP contribution in [0.4, 0.5) is 4.39 Å². The van der Waals surface area contributed by atoms with Crippen LogP contribution < -0.4 is 4.74 Å². The molecule has 1 aliphatic carbocycles. The molecule has 0 amide bonds. The van der Waals surface area contributed by atoms with Gasteiger partial charge in [-0.2, -0.15) is 0 Å². The summed E-state index contributed by atoms with van der Waals surface area (Å²) in [5.41, 5.74) is 1.87. The highest BCUT2D eigenvalue weighted by Crippen LogP contribution is 2.43. The SMILES string of the molecule is CS(=O)(=O)c1ccc(O[C@@H]2c3cc(Cl)cc(Cl)c3C[C@@H]2N2CC[C@@H](F)C2)cc1. The number of alkyl halides is 1. The van der Waals surface area contributed by atoms with Gasteiger partial charge >= 0.3 is 0 Å². The number of sulfone groups is 1. The lowest BCUT2D eigenvalue weighted by Crippen LogP contribution is -2.38. The summed E-state index contributed by atoms with van der Waals surface area (Å²) in [7, 11) is -3.28. The quantitative estimate of drug-likeness (QED) is 0.698. The van der Waals surface area contributed by atoms with Crippen molar-refractivity contribution in [2.24, 2.45) is 0 Å². The largest absolute Gasteiger partial charge is 0.484 e. The highest BCUT2D eigenvalue weighted by atomic mass is 35.5. The molecule has 3 atom stereocenters. The molecule has 1 heterocycles. The van der Waals surface area contributed by atoms with E-state index in [4.69, 9.17) is 27.9 Å². The fourth-order valence-corrected chi connectivity index (χ4v) is 5.25. The number of ether oxygens (including phenoxy) is 1. The molecule has 28 heavy (non-hydrogen) atoms. The van der Waals surface area contributed by atoms with E-state index in [0.717, 1.165) is 17.4 Å². The topological polar surface area (TPSA) is 46.6 Å². The van der Waals surface area contributed by atoms with Gasteiger partial charge in [-0.25, -0.2) is 12.8 Å². The van der Waals surface area contributed by atoms with Gasteiger partial charge < -0.3 is 4.74 Å². The maximum Gasteiger partial charge on any atom is 0.175 e. The highest BCUT2D eigenvalue weighted by Gasteiger charge is 2.42. The molecular formula is C20H20Cl2FNO3S. The Morgan fingerprint density at radius 1 is 1.18 bits per heavy atom. The van der Waals surface area contributed by atoms with E-state index in [0.29, 0.717) is 41.7 Å². The lowest BCUT2D eigenvalue weighted by atomic mass is 10.1. The summed E-state index contributed by atoms with van der Waals surface area (Å²) in [6, 6.07) is 9.83. The molecule has 2 aliphatic rings. The molecule has 150 valence electrons. The number of hydrogen-bond acceptors (Lipinski definition) is 4. The second kappa shape index (κ2) is 7.48. The zero-order valence-electron chi connectivity index (χ0n) is 15.2. The van der Waals surface area contributed by atoms with Crippen LogP contribution in [0.2, 0.25) is 10.0 Å². The van der Waals surface area contributed by atoms with E-state index in [2.05, 4.69) is 4.90 Å². The van der Waals surface area contributed by atoms with Crippen molar-refractivity contribution in [2.45, 2.75) is 36.1 Å². The lowest BCUT2D eigenvalue weighted by Gasteiger charge is -2.30. The maximum absolute atomic E-state index is 13.8. The number of fused-ring (bicyclic) bond motifs is 1. The van der Waals surface area contributed by atoms with Crippen molar-refractivity contribution in [3.05, 3.63) is 57.6 Å². The molecule has 0 bridgehead atoms. The van der Waals surface area contributed by atoms with Crippen molar-refractivity contribution < 1.29 is 17.5 Å². The van der Waals surface area contributed by atoms with Crippen LogP contribution in [0.5, 0.6) is 5.75 Å². The molecule has 1 saturated heterocycles. The molecule has 2 aromatic rings. The first-order chi connectivity index (χ1) is 13.2. The van der Waals surface area contributed by atoms with Crippen LogP contribution in [0.15, 0.2) is 41.3 Å². The Morgan fingerprint density at radius 3 is 2.50 bits per heavy atom. The summed E-state index contributed by atoms with van der Waals surface area (Å²) in [6.45, 7) is 1.04. The first-order valence-electron chi connectivity index (χ1n) is 9.05. The van der Waals surface area contributed by atoms with Gasteiger partial charge in [0.25, 0.3) is 0 Å². The van der Waals surface area contributed by atoms with Crippen LogP contribution in [0.3, 0.4) is 0 Å². The monoisotopic (exact) mass is 443 g/mol. The van der Waals surface area contributed by atoms with E-state index < -0.39 is 16.0 Å². The van der Waals surface area contributed by atoms with Crippen LogP contribution in [0.25, 0.3) is 0 Å². The Hall–Kier alpha value is -1.34. The third-order valence-corrected chi connectivity index (χ3v) is 7.09. The fourth-order valence-electron chi connectivity index (χ4n) is 4.03. The molecule has 0 saturated carbocycles. The van der Waals surface area contributed by atoms with E-state index in [1.165, 1.54) is 12.1 Å². The van der Waals surface area contributed by atoms with E-state index in [1.807, 2.05) is 6.07 Å². The van der Waals surface area contributed by atoms with Crippen molar-refractivity contribution in [1.29, 1.82) is 0 Å². The average molecular weight is 444 g/mol. The number of halogens is 3. The van der Waals surface area contributed by atoms with Crippen LogP contribution in [0.1, 0.15) is 23.7 Å². The smallest absolute Gasteiger partial charge is 0.175 e. The van der Waals surface area contributed by atoms with Crippen LogP contribution in [-0.2, 0) is 16.3 Å². The molecule has 0 spiro atoms. The standard InChI is InChI=1S/C20H20Cl2FNO3S/c1-28(25,26)15-4-2-14(3-5-15)27-20-17-8-12(21)9-18(22)16(17)10-19(20)24-7-6-13(23)11-24/h2-5,8-9,13,19-20H,6-7,10-11H2,1H3/t13-,19+,20-/m1/s1. The number of rotatable bonds is 4. The van der Waals surface area contributed by atoms with Gasteiger partial charge in [0.05, 0.1) is 10.9 Å². The second-order valence-electron chi connectivity index (χ2n) is 7.39. The van der Waals surface area contributed by atoms with Crippen molar-refractivity contribution in [1.82, 2.24) is 4.90 Å². The first kappa shape index (κ1) is 20.0. The van der Waals surface area contributed by atoms with E-state index in [1.54, 1.807) is 18.2 Å². The zero-order valence-corrected chi connectivity index (χ0v) is 17.6. The highest BCUT2D eigenvalue weighted by molar-refractivity contribution is 7.90. The Morgan fingerprint density at radius 2 is 1.89 bits per heavy atom. The molecule has 0 radical (unpaired) electrons. The van der Waals surface area contributed by atoms with Crippen molar-refractivity contribution >= 4 is 33.0 Å². The number of nitrogens with zero attached hydrogens (tertiary/aromatic N) is 1. The molecule has 8 heteroatoms. The molecule has 0 unspecified atom stereocenters. The number of benzene rings is 2. The summed E-state index contributed by atoms with van der Waals surface area (Å²) in [5, 5.41) is 1.11. The molecule has 2 aromatic carbocycles. The molecule has 1 aliphatic heterocycles. The Bertz CT molecular complexity index is 997. The molecule has 0 N–H and O–H groups in total. The predicted molar refractivity (Wildman–Crippen MR) is 108 cm³/mol. The Kier molecular flexibility index (Phi) is 5.33. The van der Waals surface area contributed by atoms with Gasteiger partial charge in [0.2, 0.25) is 0 Å². The van der Waals surface area contributed by atoms with Crippen molar-refractivity contribution in [3.8, 4) is 5.75 Å². The lowest BCUT2D eigenvalue weighted by molar-refractivity contribution is 0.0896. The van der Waals surface area contributed by atoms with Gasteiger partial charge in [0.1, 0.15) is 18.0 Å². The zero-order chi connectivity index (χ0) is 20.1. The Balaban J connectivity index is 1.67. The summed E-state index contributed by atoms with van der Waals surface area (Å²) < 4.78 is 43.4. The van der Waals surface area contributed by atoms with Crippen LogP contribution in [0, 0.1) is 0 Å². The first-order valence-corrected chi connectivity index (χ1v) is 11.7. The summed E-state index contributed by atoms with van der Waals surface area (Å²) in [6.07, 6.45) is 1.14. The molecular weight excluding hydrogens is 424 g/mol. The Labute approximate surface area is 174 Å². The van der Waals surface area contributed by atoms with Crippen molar-refractivity contribution in [2.75, 3.05) is 19.3 Å². The minimum absolute atomic E-state index is 0.0544. The minimum Gasteiger partial charge on any atom is -0.484 e. The van der Waals surface area contributed by atoms with Crippen LogP contribution >= 0.6 is 23.2 Å². The second-order valence-corrected chi connectivity index (χ2v) is 10.2. The van der Waals surface area contributed by atoms with E-state index in [9.17, 15) is 12.8 Å². The van der Waals surface area contributed by atoms with Gasteiger partial charge in [-0.05, 0) is 54.8 Å². The normalized spacial score (nSPS) is 25.1. The number of likely N-dealkylation sites (tertiary alicyclic amines) is 1. The average Bonchev–Trinajstić information content (AvgIpc) is 3.19. The summed E-state index contributed by atoms with van der Waals surface area (Å²) in [5.74, 6) is 0.544. The third-order valence-electron chi connectivity index (χ3n) is 5.41. The predicted octanol–water partition coefficient (Wildman–Crippen LogP) is 4.49. The summed E-state index contributed by atoms with van der Waals surface area (Å²) >= 11 is 12.6. The van der Waals surface area contributed by atoms with Gasteiger partial charge in [-0.15, -0.1) is 0 Å². The molecule has 4 rings (SSSR count). The van der Waals surface area contributed by atoms with Gasteiger partial charge in [0, 0.05) is 35.0 Å². The van der Waals surface area contributed by atoms with E-state index in [-0.39, 0.29) is 17.0 Å². The third kappa shape index (κ3) is 3.88. The van der Waals surface area contributed by atoms with Gasteiger partial charge in [0.15, 0.2) is 9.84 Å². The molecule has 1 fully saturated rings. The summed E-state index contributed by atoms with van der Waals surface area (Å²) in [4.78, 5) is 2.33. The maximum atomic E-state index is 13.8. The minimum atomic E-state index is -3.28. The van der Waals surface area contributed by atoms with E-state index >= 15 is 0 Å². The van der Waals surface area contributed by atoms with Crippen LogP contribution in [-0.4, -0.2) is 44.9 Å². The van der Waals surface area contributed by atoms with Gasteiger partial charge in [-0.1, -0.05) is 23.2 Å². The van der Waals surface area contributed by atoms with Gasteiger partial charge in [-0.3, -0.25) is 4.90 Å². The number of hydrogen-bond donors (Lipinski definition) is 0.